The first-order valence-electron chi connectivity index (χ1n) is 9.19. The van der Waals surface area contributed by atoms with Gasteiger partial charge in [-0.2, -0.15) is 0 Å². The van der Waals surface area contributed by atoms with E-state index in [-0.39, 0.29) is 29.4 Å². The van der Waals surface area contributed by atoms with Crippen LogP contribution in [-0.4, -0.2) is 65.4 Å². The summed E-state index contributed by atoms with van der Waals surface area (Å²) >= 11 is 0. The number of benzene rings is 1. The molecule has 1 aromatic rings. The van der Waals surface area contributed by atoms with Gasteiger partial charge >= 0.3 is 0 Å². The Morgan fingerprint density at radius 1 is 1.11 bits per heavy atom. The van der Waals surface area contributed by atoms with E-state index in [2.05, 4.69) is 56.5 Å². The van der Waals surface area contributed by atoms with Crippen LogP contribution in [0.2, 0.25) is 0 Å². The third-order valence-electron chi connectivity index (χ3n) is 3.91. The quantitative estimate of drug-likeness (QED) is 0.299. The topological polar surface area (TPSA) is 58.1 Å². The molecule has 0 amide bonds. The summed E-state index contributed by atoms with van der Waals surface area (Å²) < 4.78 is 10.6. The molecule has 0 spiro atoms. The number of nitrogens with zero attached hydrogens (tertiary/aromatic N) is 2. The van der Waals surface area contributed by atoms with Gasteiger partial charge < -0.3 is 25.0 Å². The number of methoxy groups -OCH3 is 2. The van der Waals surface area contributed by atoms with E-state index in [1.54, 1.807) is 14.2 Å². The second-order valence-electron chi connectivity index (χ2n) is 7.46. The van der Waals surface area contributed by atoms with Crippen LogP contribution < -0.4 is 20.1 Å². The maximum atomic E-state index is 5.37. The highest BCUT2D eigenvalue weighted by Crippen LogP contribution is 2.27. The molecule has 0 saturated carbocycles. The average Bonchev–Trinajstić information content (AvgIpc) is 2.58. The van der Waals surface area contributed by atoms with Gasteiger partial charge in [-0.3, -0.25) is 4.99 Å². The summed E-state index contributed by atoms with van der Waals surface area (Å²) in [6.07, 6.45) is 0.881. The molecule has 6 nitrogen and oxygen atoms in total. The molecule has 0 aliphatic rings. The van der Waals surface area contributed by atoms with Gasteiger partial charge in [0.1, 0.15) is 0 Å². The number of halogens is 1. The van der Waals surface area contributed by atoms with Crippen LogP contribution in [-0.2, 0) is 6.42 Å². The van der Waals surface area contributed by atoms with E-state index in [1.165, 1.54) is 5.56 Å². The lowest BCUT2D eigenvalue weighted by molar-refractivity contribution is 0.248. The number of nitrogens with one attached hydrogen (secondary N) is 2. The van der Waals surface area contributed by atoms with E-state index in [1.807, 2.05) is 12.1 Å². The van der Waals surface area contributed by atoms with Gasteiger partial charge in [-0.25, -0.2) is 0 Å². The molecule has 0 atom stereocenters. The molecule has 0 aromatic heterocycles. The summed E-state index contributed by atoms with van der Waals surface area (Å²) in [5.41, 5.74) is 1.33. The van der Waals surface area contributed by atoms with Crippen molar-refractivity contribution in [1.82, 2.24) is 15.5 Å². The van der Waals surface area contributed by atoms with Gasteiger partial charge in [0.15, 0.2) is 17.5 Å². The van der Waals surface area contributed by atoms with Crippen molar-refractivity contribution in [3.63, 3.8) is 0 Å². The fraction of sp³-hybridized carbons (Fsp3) is 0.650. The minimum absolute atomic E-state index is 0. The highest BCUT2D eigenvalue weighted by molar-refractivity contribution is 14.0. The molecule has 1 rings (SSSR count). The van der Waals surface area contributed by atoms with Crippen LogP contribution in [0.15, 0.2) is 23.2 Å². The monoisotopic (exact) mass is 492 g/mol. The van der Waals surface area contributed by atoms with Crippen LogP contribution in [0, 0.1) is 5.41 Å². The third-order valence-corrected chi connectivity index (χ3v) is 3.91. The molecular formula is C20H37IN4O2. The van der Waals surface area contributed by atoms with Crippen molar-refractivity contribution >= 4 is 29.9 Å². The Labute approximate surface area is 182 Å². The number of rotatable bonds is 10. The van der Waals surface area contributed by atoms with Gasteiger partial charge in [0, 0.05) is 26.2 Å². The highest BCUT2D eigenvalue weighted by atomic mass is 127. The fourth-order valence-electron chi connectivity index (χ4n) is 2.90. The van der Waals surface area contributed by atoms with Crippen molar-refractivity contribution in [3.8, 4) is 11.5 Å². The van der Waals surface area contributed by atoms with E-state index in [0.717, 1.165) is 50.1 Å². The number of hydrogen-bond acceptors (Lipinski definition) is 4. The first-order valence-corrected chi connectivity index (χ1v) is 9.19. The summed E-state index contributed by atoms with van der Waals surface area (Å²) in [7, 11) is 7.50. The smallest absolute Gasteiger partial charge is 0.191 e. The molecule has 0 fully saturated rings. The first kappa shape index (κ1) is 25.8. The minimum Gasteiger partial charge on any atom is -0.493 e. The SMILES string of the molecule is CCNC(=NCC(C)(C)CN(C)C)NCCc1ccc(OC)c(OC)c1.I. The number of hydrogen-bond donors (Lipinski definition) is 2. The fourth-order valence-corrected chi connectivity index (χ4v) is 2.90. The van der Waals surface area contributed by atoms with Crippen molar-refractivity contribution in [3.05, 3.63) is 23.8 Å². The molecule has 2 N–H and O–H groups in total. The molecule has 27 heavy (non-hydrogen) atoms. The van der Waals surface area contributed by atoms with Crippen molar-refractivity contribution in [2.75, 3.05) is 54.5 Å². The molecule has 0 radical (unpaired) electrons. The van der Waals surface area contributed by atoms with E-state index in [0.29, 0.717) is 0 Å². The second kappa shape index (κ2) is 13.0. The third kappa shape index (κ3) is 10.0. The molecular weight excluding hydrogens is 455 g/mol. The predicted molar refractivity (Wildman–Crippen MR) is 125 cm³/mol. The largest absolute Gasteiger partial charge is 0.493 e. The standard InChI is InChI=1S/C20H36N4O2.HI/c1-8-21-19(23-14-20(2,3)15-24(4)5)22-12-11-16-9-10-17(25-6)18(13-16)26-7;/h9-10,13H,8,11-12,14-15H2,1-7H3,(H2,21,22,23);1H. The Hall–Kier alpha value is -1.22. The Bertz CT molecular complexity index is 577. The normalized spacial score (nSPS) is 11.8. The maximum absolute atomic E-state index is 5.37. The van der Waals surface area contributed by atoms with Crippen LogP contribution in [0.5, 0.6) is 11.5 Å². The summed E-state index contributed by atoms with van der Waals surface area (Å²) in [5, 5.41) is 6.73. The zero-order valence-corrected chi connectivity index (χ0v) is 20.2. The van der Waals surface area contributed by atoms with Crippen molar-refractivity contribution in [2.45, 2.75) is 27.2 Å². The molecule has 0 unspecified atom stereocenters. The zero-order valence-electron chi connectivity index (χ0n) is 17.9. The molecule has 0 aliphatic carbocycles. The molecule has 7 heteroatoms. The second-order valence-corrected chi connectivity index (χ2v) is 7.46. The summed E-state index contributed by atoms with van der Waals surface area (Å²) in [6, 6.07) is 6.02. The van der Waals surface area contributed by atoms with Crippen LogP contribution in [0.3, 0.4) is 0 Å². The first-order chi connectivity index (χ1) is 12.3. The maximum Gasteiger partial charge on any atom is 0.191 e. The lowest BCUT2D eigenvalue weighted by atomic mass is 9.93. The molecule has 0 heterocycles. The Morgan fingerprint density at radius 2 is 1.78 bits per heavy atom. The van der Waals surface area contributed by atoms with Crippen LogP contribution in [0.4, 0.5) is 0 Å². The van der Waals surface area contributed by atoms with E-state index >= 15 is 0 Å². The van der Waals surface area contributed by atoms with Crippen molar-refractivity contribution < 1.29 is 9.47 Å². The summed E-state index contributed by atoms with van der Waals surface area (Å²) in [4.78, 5) is 6.95. The average molecular weight is 492 g/mol. The van der Waals surface area contributed by atoms with E-state index in [4.69, 9.17) is 14.5 Å². The van der Waals surface area contributed by atoms with Crippen LogP contribution >= 0.6 is 24.0 Å². The number of ether oxygens (including phenoxy) is 2. The Kier molecular flexibility index (Phi) is 12.5. The lowest BCUT2D eigenvalue weighted by Gasteiger charge is -2.26. The molecule has 0 saturated heterocycles. The van der Waals surface area contributed by atoms with Crippen LogP contribution in [0.25, 0.3) is 0 Å². The number of guanidine groups is 1. The van der Waals surface area contributed by atoms with Gasteiger partial charge in [-0.1, -0.05) is 19.9 Å². The van der Waals surface area contributed by atoms with Crippen molar-refractivity contribution in [1.29, 1.82) is 0 Å². The molecule has 1 aromatic carbocycles. The highest BCUT2D eigenvalue weighted by Gasteiger charge is 2.18. The predicted octanol–water partition coefficient (Wildman–Crippen LogP) is 3.01. The zero-order chi connectivity index (χ0) is 19.6. The van der Waals surface area contributed by atoms with E-state index < -0.39 is 0 Å². The van der Waals surface area contributed by atoms with Gasteiger partial charge in [0.2, 0.25) is 0 Å². The van der Waals surface area contributed by atoms with Gasteiger partial charge in [-0.05, 0) is 50.6 Å². The summed E-state index contributed by atoms with van der Waals surface area (Å²) in [6.45, 7) is 9.98. The van der Waals surface area contributed by atoms with Crippen LogP contribution in [0.1, 0.15) is 26.3 Å². The van der Waals surface area contributed by atoms with Crippen molar-refractivity contribution in [2.24, 2.45) is 10.4 Å². The Morgan fingerprint density at radius 3 is 2.33 bits per heavy atom. The Balaban J connectivity index is 0.00000676. The molecule has 0 bridgehead atoms. The van der Waals surface area contributed by atoms with E-state index in [9.17, 15) is 0 Å². The minimum atomic E-state index is 0. The molecule has 156 valence electrons. The lowest BCUT2D eigenvalue weighted by Crippen LogP contribution is -2.40. The summed E-state index contributed by atoms with van der Waals surface area (Å²) in [5.74, 6) is 2.37. The van der Waals surface area contributed by atoms with Gasteiger partial charge in [0.05, 0.1) is 14.2 Å². The van der Waals surface area contributed by atoms with Gasteiger partial charge in [0.25, 0.3) is 0 Å². The number of aliphatic imine (C=N–C) groups is 1. The molecule has 0 aliphatic heterocycles. The van der Waals surface area contributed by atoms with Gasteiger partial charge in [-0.15, -0.1) is 24.0 Å².